The maximum Gasteiger partial charge on any atom is 0.338 e. The molecule has 0 spiro atoms. The number of rotatable bonds is 4. The second-order valence-electron chi connectivity index (χ2n) is 6.51. The van der Waals surface area contributed by atoms with Crippen molar-refractivity contribution in [1.82, 2.24) is 0 Å². The highest BCUT2D eigenvalue weighted by Crippen LogP contribution is 2.41. The number of nitrogens with zero attached hydrogens (tertiary/aromatic N) is 1. The minimum absolute atomic E-state index is 0.0527. The summed E-state index contributed by atoms with van der Waals surface area (Å²) in [5.41, 5.74) is 0.431. The van der Waals surface area contributed by atoms with Gasteiger partial charge in [-0.2, -0.15) is 0 Å². The number of quaternary nitrogens is 1. The van der Waals surface area contributed by atoms with E-state index in [1.165, 1.54) is 7.11 Å². The van der Waals surface area contributed by atoms with E-state index in [-0.39, 0.29) is 28.8 Å². The second-order valence-corrected chi connectivity index (χ2v) is 6.51. The van der Waals surface area contributed by atoms with Gasteiger partial charge in [0, 0.05) is 25.7 Å². The molecule has 3 rings (SSSR count). The van der Waals surface area contributed by atoms with E-state index in [9.17, 15) is 10.0 Å². The maximum absolute atomic E-state index is 12.5. The van der Waals surface area contributed by atoms with Crippen molar-refractivity contribution in [3.63, 3.8) is 0 Å². The van der Waals surface area contributed by atoms with E-state index in [1.54, 1.807) is 32.4 Å². The van der Waals surface area contributed by atoms with Gasteiger partial charge in [-0.15, -0.1) is 0 Å². The fraction of sp³-hybridized carbons (Fsp3) is 0.588. The highest BCUT2D eigenvalue weighted by Gasteiger charge is 2.47. The summed E-state index contributed by atoms with van der Waals surface area (Å²) in [4.78, 5) is 12.4. The largest absolute Gasteiger partial charge is 0.633 e. The standard InChI is InChI=1S/C17H23NO5/c1-18(20)12-5-6-13(18)10-14(9-12)23-17(19)11-4-7-15(21-2)16(8-11)22-3/h4,7-8,12-14H,5-6,9-10H2,1-3H3/t12-,13+,14?,18?. The molecular formula is C17H23NO5. The lowest BCUT2D eigenvalue weighted by Crippen LogP contribution is -2.54. The minimum atomic E-state index is -0.377. The molecule has 2 aliphatic rings. The molecule has 2 heterocycles. The van der Waals surface area contributed by atoms with E-state index in [0.29, 0.717) is 29.9 Å². The second kappa shape index (κ2) is 6.02. The number of methoxy groups -OCH3 is 2. The number of esters is 1. The first-order chi connectivity index (χ1) is 11.0. The van der Waals surface area contributed by atoms with Gasteiger partial charge in [0.05, 0.1) is 38.9 Å². The predicted octanol–water partition coefficient (Wildman–Crippen LogP) is 2.50. The van der Waals surface area contributed by atoms with Crippen LogP contribution in [-0.4, -0.2) is 50.1 Å². The van der Waals surface area contributed by atoms with Crippen molar-refractivity contribution in [1.29, 1.82) is 0 Å². The fourth-order valence-electron chi connectivity index (χ4n) is 3.83. The number of fused-ring (bicyclic) bond motifs is 2. The molecule has 0 aliphatic carbocycles. The Morgan fingerprint density at radius 1 is 1.13 bits per heavy atom. The molecule has 2 fully saturated rings. The number of carbonyl (C=O) groups excluding carboxylic acids is 1. The zero-order chi connectivity index (χ0) is 16.6. The van der Waals surface area contributed by atoms with Crippen LogP contribution >= 0.6 is 0 Å². The van der Waals surface area contributed by atoms with Gasteiger partial charge in [-0.25, -0.2) is 4.79 Å². The predicted molar refractivity (Wildman–Crippen MR) is 84.3 cm³/mol. The summed E-state index contributed by atoms with van der Waals surface area (Å²) in [5, 5.41) is 12.5. The molecule has 6 heteroatoms. The molecule has 0 N–H and O–H groups in total. The SMILES string of the molecule is COc1ccc(C(=O)OC2C[C@H]3CC[C@@H](C2)[N+]3(C)[O-])cc1OC. The molecule has 0 radical (unpaired) electrons. The van der Waals surface area contributed by atoms with Crippen molar-refractivity contribution >= 4 is 5.97 Å². The molecule has 0 saturated carbocycles. The molecule has 126 valence electrons. The first-order valence-electron chi connectivity index (χ1n) is 7.95. The zero-order valence-corrected chi connectivity index (χ0v) is 13.8. The highest BCUT2D eigenvalue weighted by molar-refractivity contribution is 5.90. The summed E-state index contributed by atoms with van der Waals surface area (Å²) in [5.74, 6) is 0.686. The van der Waals surface area contributed by atoms with Gasteiger partial charge in [0.15, 0.2) is 11.5 Å². The number of hydroxylamine groups is 3. The topological polar surface area (TPSA) is 67.8 Å². The monoisotopic (exact) mass is 321 g/mol. The smallest absolute Gasteiger partial charge is 0.338 e. The summed E-state index contributed by atoms with van der Waals surface area (Å²) in [6.45, 7) is 0. The van der Waals surface area contributed by atoms with Gasteiger partial charge in [-0.05, 0) is 18.2 Å². The third kappa shape index (κ3) is 2.88. The van der Waals surface area contributed by atoms with Gasteiger partial charge in [0.2, 0.25) is 0 Å². The Bertz CT molecular complexity index is 585. The molecular weight excluding hydrogens is 298 g/mol. The quantitative estimate of drug-likeness (QED) is 0.484. The third-order valence-electron chi connectivity index (χ3n) is 5.25. The van der Waals surface area contributed by atoms with Gasteiger partial charge in [-0.3, -0.25) is 0 Å². The van der Waals surface area contributed by atoms with Crippen molar-refractivity contribution in [3.05, 3.63) is 29.0 Å². The number of benzene rings is 1. The Hall–Kier alpha value is -1.79. The van der Waals surface area contributed by atoms with Crippen molar-refractivity contribution in [2.24, 2.45) is 0 Å². The van der Waals surface area contributed by atoms with Crippen LogP contribution < -0.4 is 9.47 Å². The zero-order valence-electron chi connectivity index (χ0n) is 13.8. The Balaban J connectivity index is 1.69. The van der Waals surface area contributed by atoms with E-state index in [4.69, 9.17) is 14.2 Å². The van der Waals surface area contributed by atoms with Crippen LogP contribution in [0.3, 0.4) is 0 Å². The Morgan fingerprint density at radius 3 is 2.30 bits per heavy atom. The van der Waals surface area contributed by atoms with Crippen molar-refractivity contribution in [3.8, 4) is 11.5 Å². The van der Waals surface area contributed by atoms with E-state index in [2.05, 4.69) is 0 Å². The molecule has 6 nitrogen and oxygen atoms in total. The van der Waals surface area contributed by atoms with Crippen molar-refractivity contribution in [2.75, 3.05) is 21.3 Å². The van der Waals surface area contributed by atoms with Crippen LogP contribution in [-0.2, 0) is 4.74 Å². The summed E-state index contributed by atoms with van der Waals surface area (Å²) >= 11 is 0. The number of carbonyl (C=O) groups is 1. The first-order valence-corrected chi connectivity index (χ1v) is 7.95. The Kier molecular flexibility index (Phi) is 4.21. The molecule has 2 bridgehead atoms. The van der Waals surface area contributed by atoms with E-state index in [0.717, 1.165) is 12.8 Å². The summed E-state index contributed by atoms with van der Waals surface area (Å²) < 4.78 is 15.8. The molecule has 2 aliphatic heterocycles. The molecule has 1 aromatic rings. The Labute approximate surface area is 136 Å². The highest BCUT2D eigenvalue weighted by atomic mass is 16.6. The van der Waals surface area contributed by atoms with Gasteiger partial charge in [-0.1, -0.05) is 0 Å². The van der Waals surface area contributed by atoms with Gasteiger partial charge >= 0.3 is 5.97 Å². The molecule has 0 amide bonds. The fourth-order valence-corrected chi connectivity index (χ4v) is 3.83. The van der Waals surface area contributed by atoms with Crippen LogP contribution in [0, 0.1) is 5.21 Å². The summed E-state index contributed by atoms with van der Waals surface area (Å²) in [7, 11) is 4.82. The molecule has 2 unspecified atom stereocenters. The lowest BCUT2D eigenvalue weighted by Gasteiger charge is -2.50. The van der Waals surface area contributed by atoms with Gasteiger partial charge < -0.3 is 24.1 Å². The number of hydrogen-bond donors (Lipinski definition) is 0. The van der Waals surface area contributed by atoms with Gasteiger partial charge in [0.1, 0.15) is 6.10 Å². The van der Waals surface area contributed by atoms with Crippen molar-refractivity contribution in [2.45, 2.75) is 43.9 Å². The molecule has 0 aromatic heterocycles. The molecule has 2 saturated heterocycles. The average molecular weight is 321 g/mol. The molecule has 23 heavy (non-hydrogen) atoms. The lowest BCUT2D eigenvalue weighted by atomic mass is 9.99. The summed E-state index contributed by atoms with van der Waals surface area (Å²) in [6, 6.07) is 5.07. The maximum atomic E-state index is 12.5. The third-order valence-corrected chi connectivity index (χ3v) is 5.25. The van der Waals surface area contributed by atoms with Crippen molar-refractivity contribution < 1.29 is 23.7 Å². The van der Waals surface area contributed by atoms with Crippen LogP contribution in [0.25, 0.3) is 0 Å². The van der Waals surface area contributed by atoms with Crippen LogP contribution in [0.2, 0.25) is 0 Å². The normalized spacial score (nSPS) is 32.4. The average Bonchev–Trinajstić information content (AvgIpc) is 2.71. The van der Waals surface area contributed by atoms with E-state index in [1.807, 2.05) is 0 Å². The first kappa shape index (κ1) is 16.1. The molecule has 1 aromatic carbocycles. The number of ether oxygens (including phenoxy) is 3. The number of piperidine rings is 1. The van der Waals surface area contributed by atoms with Crippen LogP contribution in [0.5, 0.6) is 11.5 Å². The summed E-state index contributed by atoms with van der Waals surface area (Å²) in [6.07, 6.45) is 2.98. The van der Waals surface area contributed by atoms with E-state index >= 15 is 0 Å². The number of hydrogen-bond acceptors (Lipinski definition) is 5. The van der Waals surface area contributed by atoms with Gasteiger partial charge in [0.25, 0.3) is 0 Å². The Morgan fingerprint density at radius 2 is 1.74 bits per heavy atom. The lowest BCUT2D eigenvalue weighted by molar-refractivity contribution is -0.903. The van der Waals surface area contributed by atoms with E-state index < -0.39 is 0 Å². The van der Waals surface area contributed by atoms with Crippen LogP contribution in [0.4, 0.5) is 0 Å². The van der Waals surface area contributed by atoms with Crippen LogP contribution in [0.1, 0.15) is 36.0 Å². The minimum Gasteiger partial charge on any atom is -0.633 e. The molecule has 4 atom stereocenters. The van der Waals surface area contributed by atoms with Crippen LogP contribution in [0.15, 0.2) is 18.2 Å².